The molecule has 0 saturated carbocycles. The number of nitrogens with zero attached hydrogens (tertiary/aromatic N) is 3. The Labute approximate surface area is 139 Å². The zero-order valence-electron chi connectivity index (χ0n) is 14.2. The molecule has 2 saturated heterocycles. The lowest BCUT2D eigenvalue weighted by molar-refractivity contribution is -0.130. The third-order valence-electron chi connectivity index (χ3n) is 5.48. The molecule has 126 valence electrons. The smallest absolute Gasteiger partial charge is 0.219 e. The van der Waals surface area contributed by atoms with Crippen molar-refractivity contribution in [3.05, 3.63) is 24.3 Å². The minimum Gasteiger partial charge on any atom is -0.399 e. The molecule has 1 unspecified atom stereocenters. The quantitative estimate of drug-likeness (QED) is 0.864. The molecule has 0 radical (unpaired) electrons. The predicted octanol–water partition coefficient (Wildman–Crippen LogP) is 1.79. The summed E-state index contributed by atoms with van der Waals surface area (Å²) in [6.07, 6.45) is 3.39. The Morgan fingerprint density at radius 2 is 1.70 bits per heavy atom. The number of amides is 1. The predicted molar refractivity (Wildman–Crippen MR) is 94.5 cm³/mol. The summed E-state index contributed by atoms with van der Waals surface area (Å²) in [5.74, 6) is 0.210. The molecule has 2 N–H and O–H groups in total. The van der Waals surface area contributed by atoms with Crippen LogP contribution in [0.2, 0.25) is 0 Å². The molecule has 0 aromatic heterocycles. The van der Waals surface area contributed by atoms with Crippen molar-refractivity contribution in [3.63, 3.8) is 0 Å². The minimum absolute atomic E-state index is 0.210. The van der Waals surface area contributed by atoms with Crippen molar-refractivity contribution in [3.8, 4) is 0 Å². The van der Waals surface area contributed by atoms with Crippen LogP contribution >= 0.6 is 0 Å². The molecule has 5 nitrogen and oxygen atoms in total. The molecule has 2 fully saturated rings. The zero-order chi connectivity index (χ0) is 16.4. The molecule has 0 aliphatic carbocycles. The number of hydrogen-bond donors (Lipinski definition) is 1. The van der Waals surface area contributed by atoms with Gasteiger partial charge >= 0.3 is 0 Å². The van der Waals surface area contributed by atoms with E-state index in [1.165, 1.54) is 12.1 Å². The van der Waals surface area contributed by atoms with Crippen molar-refractivity contribution < 1.29 is 4.79 Å². The first-order valence-corrected chi connectivity index (χ1v) is 8.62. The lowest BCUT2D eigenvalue weighted by atomic mass is 10.0. The van der Waals surface area contributed by atoms with Crippen molar-refractivity contribution in [2.45, 2.75) is 38.3 Å². The van der Waals surface area contributed by atoms with E-state index in [-0.39, 0.29) is 5.91 Å². The molecular formula is C18H28N4O. The van der Waals surface area contributed by atoms with E-state index >= 15 is 0 Å². The van der Waals surface area contributed by atoms with E-state index in [0.29, 0.717) is 12.1 Å². The first-order chi connectivity index (χ1) is 11.0. The summed E-state index contributed by atoms with van der Waals surface area (Å²) in [5, 5.41) is 0. The summed E-state index contributed by atoms with van der Waals surface area (Å²) in [5.41, 5.74) is 7.86. The highest BCUT2D eigenvalue weighted by Crippen LogP contribution is 2.26. The standard InChI is InChI=1S/C18H28N4O/c1-14(23)21-10-7-16(8-11-21)20(2)18-9-12-22(13-18)17-5-3-15(19)4-6-17/h3-6,16,18H,7-13,19H2,1-2H3. The van der Waals surface area contributed by atoms with E-state index < -0.39 is 0 Å². The van der Waals surface area contributed by atoms with E-state index in [2.05, 4.69) is 29.0 Å². The zero-order valence-corrected chi connectivity index (χ0v) is 14.2. The highest BCUT2D eigenvalue weighted by molar-refractivity contribution is 5.73. The fraction of sp³-hybridized carbons (Fsp3) is 0.611. The molecule has 2 aliphatic heterocycles. The average molecular weight is 316 g/mol. The van der Waals surface area contributed by atoms with Gasteiger partial charge in [-0.3, -0.25) is 9.69 Å². The van der Waals surface area contributed by atoms with Gasteiger partial charge in [0, 0.05) is 56.6 Å². The van der Waals surface area contributed by atoms with Crippen LogP contribution in [0, 0.1) is 0 Å². The van der Waals surface area contributed by atoms with Crippen LogP contribution in [-0.4, -0.2) is 61.0 Å². The molecule has 2 heterocycles. The van der Waals surface area contributed by atoms with Gasteiger partial charge in [0.15, 0.2) is 0 Å². The lowest BCUT2D eigenvalue weighted by Gasteiger charge is -2.39. The Morgan fingerprint density at radius 1 is 1.09 bits per heavy atom. The van der Waals surface area contributed by atoms with Gasteiger partial charge in [0.2, 0.25) is 5.91 Å². The Hall–Kier alpha value is -1.75. The number of rotatable bonds is 3. The number of anilines is 2. The van der Waals surface area contributed by atoms with Gasteiger partial charge < -0.3 is 15.5 Å². The minimum atomic E-state index is 0.210. The van der Waals surface area contributed by atoms with E-state index in [1.807, 2.05) is 17.0 Å². The monoisotopic (exact) mass is 316 g/mol. The number of piperidine rings is 1. The fourth-order valence-electron chi connectivity index (χ4n) is 3.88. The van der Waals surface area contributed by atoms with Crippen LogP contribution in [0.3, 0.4) is 0 Å². The van der Waals surface area contributed by atoms with Crippen molar-refractivity contribution in [2.24, 2.45) is 0 Å². The summed E-state index contributed by atoms with van der Waals surface area (Å²) >= 11 is 0. The Morgan fingerprint density at radius 3 is 2.30 bits per heavy atom. The van der Waals surface area contributed by atoms with Crippen molar-refractivity contribution in [2.75, 3.05) is 43.9 Å². The maximum Gasteiger partial charge on any atom is 0.219 e. The maximum atomic E-state index is 11.5. The molecule has 2 aliphatic rings. The SMILES string of the molecule is CC(=O)N1CCC(N(C)C2CCN(c3ccc(N)cc3)C2)CC1. The summed E-state index contributed by atoms with van der Waals surface area (Å²) in [4.78, 5) is 18.4. The number of hydrogen-bond acceptors (Lipinski definition) is 4. The van der Waals surface area contributed by atoms with Gasteiger partial charge in [0.25, 0.3) is 0 Å². The lowest BCUT2D eigenvalue weighted by Crippen LogP contribution is -2.48. The number of nitrogens with two attached hydrogens (primary N) is 1. The van der Waals surface area contributed by atoms with Gasteiger partial charge in [-0.2, -0.15) is 0 Å². The van der Waals surface area contributed by atoms with Crippen LogP contribution in [0.5, 0.6) is 0 Å². The van der Waals surface area contributed by atoms with E-state index in [4.69, 9.17) is 5.73 Å². The third-order valence-corrected chi connectivity index (χ3v) is 5.48. The van der Waals surface area contributed by atoms with Gasteiger partial charge in [-0.1, -0.05) is 0 Å². The van der Waals surface area contributed by atoms with Crippen molar-refractivity contribution in [1.29, 1.82) is 0 Å². The second kappa shape index (κ2) is 6.79. The van der Waals surface area contributed by atoms with Gasteiger partial charge in [0.1, 0.15) is 0 Å². The molecular weight excluding hydrogens is 288 g/mol. The third kappa shape index (κ3) is 3.61. The number of benzene rings is 1. The molecule has 3 rings (SSSR count). The van der Waals surface area contributed by atoms with Crippen LogP contribution in [0.1, 0.15) is 26.2 Å². The van der Waals surface area contributed by atoms with E-state index in [1.54, 1.807) is 6.92 Å². The van der Waals surface area contributed by atoms with Crippen LogP contribution in [0.25, 0.3) is 0 Å². The molecule has 1 amide bonds. The average Bonchev–Trinajstić information content (AvgIpc) is 3.05. The summed E-state index contributed by atoms with van der Waals surface area (Å²) in [6, 6.07) is 9.38. The molecule has 0 bridgehead atoms. The first kappa shape index (κ1) is 16.1. The largest absolute Gasteiger partial charge is 0.399 e. The second-order valence-electron chi connectivity index (χ2n) is 6.88. The Balaban J connectivity index is 1.54. The second-order valence-corrected chi connectivity index (χ2v) is 6.88. The van der Waals surface area contributed by atoms with E-state index in [9.17, 15) is 4.79 Å². The molecule has 1 aromatic rings. The number of likely N-dealkylation sites (N-methyl/N-ethyl adjacent to an activating group) is 1. The molecule has 1 atom stereocenters. The van der Waals surface area contributed by atoms with E-state index in [0.717, 1.165) is 44.7 Å². The number of carbonyl (C=O) groups excluding carboxylic acids is 1. The van der Waals surface area contributed by atoms with Gasteiger partial charge in [-0.15, -0.1) is 0 Å². The maximum absolute atomic E-state index is 11.5. The first-order valence-electron chi connectivity index (χ1n) is 8.62. The summed E-state index contributed by atoms with van der Waals surface area (Å²) in [6.45, 7) is 5.65. The highest BCUT2D eigenvalue weighted by Gasteiger charge is 2.31. The van der Waals surface area contributed by atoms with Gasteiger partial charge in [0.05, 0.1) is 0 Å². The van der Waals surface area contributed by atoms with Crippen molar-refractivity contribution in [1.82, 2.24) is 9.80 Å². The molecule has 1 aromatic carbocycles. The van der Waals surface area contributed by atoms with Crippen LogP contribution in [0.4, 0.5) is 11.4 Å². The molecule has 0 spiro atoms. The van der Waals surface area contributed by atoms with Crippen LogP contribution in [0.15, 0.2) is 24.3 Å². The van der Waals surface area contributed by atoms with Crippen molar-refractivity contribution >= 4 is 17.3 Å². The summed E-state index contributed by atoms with van der Waals surface area (Å²) in [7, 11) is 2.26. The fourth-order valence-corrected chi connectivity index (χ4v) is 3.88. The number of nitrogen functional groups attached to an aromatic ring is 1. The Bertz CT molecular complexity index is 536. The van der Waals surface area contributed by atoms with Crippen LogP contribution < -0.4 is 10.6 Å². The number of carbonyl (C=O) groups is 1. The van der Waals surface area contributed by atoms with Gasteiger partial charge in [-0.25, -0.2) is 0 Å². The van der Waals surface area contributed by atoms with Crippen LogP contribution in [-0.2, 0) is 4.79 Å². The normalized spacial score (nSPS) is 22.8. The highest BCUT2D eigenvalue weighted by atomic mass is 16.2. The Kier molecular flexibility index (Phi) is 4.76. The summed E-state index contributed by atoms with van der Waals surface area (Å²) < 4.78 is 0. The number of likely N-dealkylation sites (tertiary alicyclic amines) is 1. The topological polar surface area (TPSA) is 52.8 Å². The molecule has 23 heavy (non-hydrogen) atoms. The van der Waals surface area contributed by atoms with Gasteiger partial charge in [-0.05, 0) is 50.6 Å². The molecule has 5 heteroatoms.